The van der Waals surface area contributed by atoms with E-state index in [1.54, 1.807) is 12.4 Å². The first-order valence-electron chi connectivity index (χ1n) is 18.1. The summed E-state index contributed by atoms with van der Waals surface area (Å²) >= 11 is 1.45. The molecule has 14 heteroatoms. The Morgan fingerprint density at radius 2 is 1.75 bits per heavy atom. The first-order valence-corrected chi connectivity index (χ1v) is 19.1. The van der Waals surface area contributed by atoms with Gasteiger partial charge < -0.3 is 36.4 Å². The highest BCUT2D eigenvalue weighted by atomic mass is 32.2. The van der Waals surface area contributed by atoms with Gasteiger partial charge in [-0.15, -0.1) is 11.8 Å². The highest BCUT2D eigenvalue weighted by molar-refractivity contribution is 8.00. The van der Waals surface area contributed by atoms with Crippen LogP contribution in [0.4, 0.5) is 0 Å². The smallest absolute Gasteiger partial charge is 0.353 e. The number of nitrogens with two attached hydrogens (primary N) is 1. The van der Waals surface area contributed by atoms with Crippen molar-refractivity contribution in [2.75, 3.05) is 5.75 Å². The second-order valence-corrected chi connectivity index (χ2v) is 16.1. The van der Waals surface area contributed by atoms with Gasteiger partial charge in [-0.1, -0.05) is 37.3 Å². The van der Waals surface area contributed by atoms with Crippen molar-refractivity contribution in [1.29, 1.82) is 0 Å². The normalized spacial score (nSPS) is 28.2. The van der Waals surface area contributed by atoms with Crippen molar-refractivity contribution in [1.82, 2.24) is 15.6 Å². The largest absolute Gasteiger partial charge is 0.480 e. The monoisotopic (exact) mass is 724 g/mol. The molecule has 1 aromatic rings. The number of fused-ring (bicyclic) bond motifs is 2. The fourth-order valence-corrected chi connectivity index (χ4v) is 11.0. The molecule has 7 N–H and O–H groups in total. The number of pyridine rings is 1. The number of carbonyl (C=O) groups excluding carboxylic acids is 3. The van der Waals surface area contributed by atoms with E-state index in [4.69, 9.17) is 15.6 Å². The zero-order valence-electron chi connectivity index (χ0n) is 28.6. The van der Waals surface area contributed by atoms with E-state index < -0.39 is 48.0 Å². The number of carboxylic acids is 2. The summed E-state index contributed by atoms with van der Waals surface area (Å²) in [6, 6.07) is 1.45. The highest BCUT2D eigenvalue weighted by Gasteiger charge is 2.55. The van der Waals surface area contributed by atoms with E-state index in [0.717, 1.165) is 81.8 Å². The van der Waals surface area contributed by atoms with Crippen LogP contribution in [0.1, 0.15) is 82.6 Å². The molecule has 5 aliphatic carbocycles. The van der Waals surface area contributed by atoms with Gasteiger partial charge in [-0.05, 0) is 97.8 Å². The maximum Gasteiger partial charge on any atom is 0.353 e. The van der Waals surface area contributed by atoms with Crippen LogP contribution in [-0.4, -0.2) is 79.3 Å². The van der Waals surface area contributed by atoms with Crippen LogP contribution in [0.2, 0.25) is 0 Å². The Bertz CT molecular complexity index is 1570. The Labute approximate surface area is 301 Å². The molecular weight excluding hydrogens is 676 g/mol. The molecule has 51 heavy (non-hydrogen) atoms. The summed E-state index contributed by atoms with van der Waals surface area (Å²) in [5, 5.41) is 32.7. The van der Waals surface area contributed by atoms with Crippen LogP contribution >= 0.6 is 11.8 Å². The van der Waals surface area contributed by atoms with Crippen LogP contribution in [0.25, 0.3) is 0 Å². The van der Waals surface area contributed by atoms with Crippen LogP contribution in [0.15, 0.2) is 47.5 Å². The number of thioether (sulfide) groups is 1. The van der Waals surface area contributed by atoms with Gasteiger partial charge in [-0.3, -0.25) is 24.2 Å². The maximum atomic E-state index is 13.8. The van der Waals surface area contributed by atoms with E-state index in [-0.39, 0.29) is 41.1 Å². The number of esters is 1. The molecule has 2 fully saturated rings. The molecular formula is C37H48N4O9S. The van der Waals surface area contributed by atoms with Crippen LogP contribution < -0.4 is 16.4 Å². The van der Waals surface area contributed by atoms with E-state index in [1.807, 2.05) is 12.1 Å². The fourth-order valence-electron chi connectivity index (χ4n) is 9.31. The van der Waals surface area contributed by atoms with Gasteiger partial charge in [0.2, 0.25) is 18.0 Å². The molecule has 6 unspecified atom stereocenters. The summed E-state index contributed by atoms with van der Waals surface area (Å²) in [7, 11) is 0. The highest BCUT2D eigenvalue weighted by Crippen LogP contribution is 2.61. The lowest BCUT2D eigenvalue weighted by Crippen LogP contribution is -2.53. The number of rotatable bonds is 13. The molecule has 1 spiro atoms. The molecule has 276 valence electrons. The molecule has 1 aliphatic heterocycles. The molecule has 6 aliphatic rings. The third-order valence-electron chi connectivity index (χ3n) is 11.8. The summed E-state index contributed by atoms with van der Waals surface area (Å²) in [6.07, 6.45) is 13.9. The number of hydrogen-bond acceptors (Lipinski definition) is 10. The van der Waals surface area contributed by atoms with Crippen LogP contribution in [0.3, 0.4) is 0 Å². The number of amides is 2. The Hall–Kier alpha value is -3.75. The number of carboxylic acid groups (broad SMARTS) is 2. The number of nitrogens with one attached hydrogen (secondary N) is 2. The van der Waals surface area contributed by atoms with Crippen molar-refractivity contribution < 1.29 is 44.0 Å². The predicted octanol–water partition coefficient (Wildman–Crippen LogP) is 3.07. The van der Waals surface area contributed by atoms with E-state index >= 15 is 0 Å². The summed E-state index contributed by atoms with van der Waals surface area (Å²) in [5.41, 5.74) is 8.78. The van der Waals surface area contributed by atoms with Crippen LogP contribution in [0.5, 0.6) is 0 Å². The van der Waals surface area contributed by atoms with Crippen LogP contribution in [-0.2, 0) is 35.1 Å². The summed E-state index contributed by atoms with van der Waals surface area (Å²) in [4.78, 5) is 67.0. The number of hydrogen-bond donors (Lipinski definition) is 6. The summed E-state index contributed by atoms with van der Waals surface area (Å²) < 4.78 is 6.36. The number of aliphatic hydroxyl groups excluding tert-OH is 1. The predicted molar refractivity (Wildman–Crippen MR) is 187 cm³/mol. The van der Waals surface area contributed by atoms with Gasteiger partial charge in [0.1, 0.15) is 23.8 Å². The second-order valence-electron chi connectivity index (χ2n) is 14.9. The molecule has 6 atom stereocenters. The second kappa shape index (κ2) is 15.9. The lowest BCUT2D eigenvalue weighted by atomic mass is 9.60. The van der Waals surface area contributed by atoms with Gasteiger partial charge in [0.15, 0.2) is 0 Å². The number of aliphatic hydroxyl groups is 1. The van der Waals surface area contributed by atoms with Crippen molar-refractivity contribution in [3.63, 3.8) is 0 Å². The standard InChI is InChI=1S/C37H48N4O9S/c38-26(34(45)46)7-8-28(42)40-27(32(43)41-33(44)35(47)48)19-51-31-30-29-23(16-20-3-5-24(6-4-20)37(31)11-1-2-12-37)17-22(18-25(29)36(49)50-30)15-21-9-13-39-14-10-21/h9-10,13-14,18,20,23-27,31,33,44H,1-8,11-12,15-17,19,38H2,(H,40,42)(H,41,43)(H,45,46)(H,47,48). The third-order valence-corrected chi connectivity index (χ3v) is 13.3. The van der Waals surface area contributed by atoms with Crippen molar-refractivity contribution in [2.24, 2.45) is 34.8 Å². The first kappa shape index (κ1) is 37.0. The third kappa shape index (κ3) is 8.18. The SMILES string of the molecule is NC(CCC(=O)NC(CSC1C2=C3C(CC(Cc4ccncc4)=CC3C(=O)O2)CC2CCC(CC2)C12CCCC2)C(=O)NC(O)C(=O)O)C(=O)O. The van der Waals surface area contributed by atoms with E-state index in [0.29, 0.717) is 17.6 Å². The molecule has 0 saturated heterocycles. The Morgan fingerprint density at radius 3 is 2.41 bits per heavy atom. The topological polar surface area (TPSA) is 218 Å². The van der Waals surface area contributed by atoms with Crippen molar-refractivity contribution in [3.05, 3.63) is 53.1 Å². The molecule has 0 aromatic carbocycles. The molecule has 2 saturated carbocycles. The molecule has 2 heterocycles. The van der Waals surface area contributed by atoms with Crippen molar-refractivity contribution in [3.8, 4) is 0 Å². The molecule has 13 nitrogen and oxygen atoms in total. The van der Waals surface area contributed by atoms with Crippen LogP contribution in [0, 0.1) is 29.1 Å². The molecule has 2 bridgehead atoms. The zero-order chi connectivity index (χ0) is 36.3. The number of aromatic nitrogens is 1. The molecule has 2 amide bonds. The van der Waals surface area contributed by atoms with Gasteiger partial charge in [-0.2, -0.15) is 0 Å². The van der Waals surface area contributed by atoms with Gasteiger partial charge in [-0.25, -0.2) is 4.79 Å². The van der Waals surface area contributed by atoms with Crippen molar-refractivity contribution in [2.45, 2.75) is 107 Å². The number of allylic oxidation sites excluding steroid dienone is 1. The summed E-state index contributed by atoms with van der Waals surface area (Å²) in [5.74, 6) is -3.44. The Kier molecular flexibility index (Phi) is 11.5. The number of nitrogens with zero attached hydrogens (tertiary/aromatic N) is 1. The molecule has 0 radical (unpaired) electrons. The van der Waals surface area contributed by atoms with Gasteiger partial charge >= 0.3 is 17.9 Å². The van der Waals surface area contributed by atoms with Gasteiger partial charge in [0.25, 0.3) is 0 Å². The minimum atomic E-state index is -2.19. The average molecular weight is 725 g/mol. The lowest BCUT2D eigenvalue weighted by molar-refractivity contribution is -0.151. The number of ether oxygens (including phenoxy) is 1. The maximum absolute atomic E-state index is 13.8. The van der Waals surface area contributed by atoms with E-state index in [2.05, 4.69) is 21.7 Å². The van der Waals surface area contributed by atoms with Gasteiger partial charge in [0.05, 0.1) is 5.25 Å². The zero-order valence-corrected chi connectivity index (χ0v) is 29.4. The first-order chi connectivity index (χ1) is 24.4. The lowest BCUT2D eigenvalue weighted by Gasteiger charge is -2.48. The Balaban J connectivity index is 1.34. The van der Waals surface area contributed by atoms with Crippen molar-refractivity contribution >= 4 is 41.5 Å². The fraction of sp³-hybridized carbons (Fsp3) is 0.622. The minimum Gasteiger partial charge on any atom is -0.480 e. The van der Waals surface area contributed by atoms with E-state index in [9.17, 15) is 34.2 Å². The number of carbonyl (C=O) groups is 5. The molecule has 1 aromatic heterocycles. The minimum absolute atomic E-state index is 0.00343. The Morgan fingerprint density at radius 1 is 1.04 bits per heavy atom. The molecule has 7 rings (SSSR count). The number of aliphatic carboxylic acids is 2. The summed E-state index contributed by atoms with van der Waals surface area (Å²) in [6.45, 7) is 0. The average Bonchev–Trinajstić information content (AvgIpc) is 3.73. The van der Waals surface area contributed by atoms with Gasteiger partial charge in [0, 0.05) is 24.6 Å². The quantitative estimate of drug-likeness (QED) is 0.0983. The van der Waals surface area contributed by atoms with E-state index in [1.165, 1.54) is 17.3 Å².